The van der Waals surface area contributed by atoms with Crippen LogP contribution < -0.4 is 0 Å². The van der Waals surface area contributed by atoms with Gasteiger partial charge in [-0.3, -0.25) is 0 Å². The summed E-state index contributed by atoms with van der Waals surface area (Å²) in [5.41, 5.74) is 0.648. The topological polar surface area (TPSA) is 32.6 Å². The predicted octanol–water partition coefficient (Wildman–Crippen LogP) is 2.20. The van der Waals surface area contributed by atoms with Crippen molar-refractivity contribution in [2.45, 2.75) is 25.7 Å². The monoisotopic (exact) mass is 159 g/mol. The predicted molar refractivity (Wildman–Crippen MR) is 39.5 cm³/mol. The van der Waals surface area contributed by atoms with Crippen LogP contribution in [0.3, 0.4) is 0 Å². The lowest BCUT2D eigenvalue weighted by Crippen LogP contribution is -2.29. The van der Waals surface area contributed by atoms with Crippen LogP contribution in [0, 0.1) is 11.3 Å². The van der Waals surface area contributed by atoms with Crippen LogP contribution in [0.15, 0.2) is 5.16 Å². The Labute approximate surface area is 64.9 Å². The summed E-state index contributed by atoms with van der Waals surface area (Å²) in [6, 6.07) is 0. The number of nitrogens with zero attached hydrogens (tertiary/aromatic N) is 1. The van der Waals surface area contributed by atoms with Crippen LogP contribution >= 0.6 is 11.6 Å². The summed E-state index contributed by atoms with van der Waals surface area (Å²) in [7, 11) is 0. The Morgan fingerprint density at radius 3 is 2.50 bits per heavy atom. The summed E-state index contributed by atoms with van der Waals surface area (Å²) in [6.45, 7) is 0. The van der Waals surface area contributed by atoms with Crippen LogP contribution in [0.5, 0.6) is 0 Å². The Balaban J connectivity index is 1.90. The molecule has 2 rings (SSSR count). The van der Waals surface area contributed by atoms with E-state index in [9.17, 15) is 0 Å². The van der Waals surface area contributed by atoms with Crippen LogP contribution in [0.4, 0.5) is 0 Å². The third-order valence-corrected chi connectivity index (χ3v) is 3.13. The largest absolute Gasteiger partial charge is 0.410 e. The Morgan fingerprint density at radius 2 is 2.10 bits per heavy atom. The zero-order chi connectivity index (χ0) is 7.19. The molecule has 0 aromatic heterocycles. The molecule has 1 spiro atoms. The Morgan fingerprint density at radius 1 is 1.50 bits per heavy atom. The fraction of sp³-hybridized carbons (Fsp3) is 0.857. The van der Waals surface area contributed by atoms with Crippen LogP contribution in [-0.2, 0) is 0 Å². The van der Waals surface area contributed by atoms with Crippen molar-refractivity contribution in [2.75, 3.05) is 0 Å². The first kappa shape index (κ1) is 6.47. The van der Waals surface area contributed by atoms with E-state index in [2.05, 4.69) is 5.16 Å². The minimum atomic E-state index is 0.370. The summed E-state index contributed by atoms with van der Waals surface area (Å²) in [5.74, 6) is 0.370. The Bertz CT molecular complexity index is 178. The summed E-state index contributed by atoms with van der Waals surface area (Å²) in [4.78, 5) is 0. The number of halogens is 1. The molecular formula is C7H10ClNO. The molecule has 0 saturated heterocycles. The van der Waals surface area contributed by atoms with Gasteiger partial charge >= 0.3 is 0 Å². The Kier molecular flexibility index (Phi) is 1.21. The normalized spacial score (nSPS) is 30.3. The molecule has 1 N–H and O–H groups in total. The van der Waals surface area contributed by atoms with Gasteiger partial charge in [-0.25, -0.2) is 0 Å². The summed E-state index contributed by atoms with van der Waals surface area (Å²) in [6.07, 6.45) is 5.02. The smallest absolute Gasteiger partial charge is 0.148 e. The lowest BCUT2D eigenvalue weighted by atomic mass is 9.72. The van der Waals surface area contributed by atoms with Crippen molar-refractivity contribution in [1.82, 2.24) is 0 Å². The van der Waals surface area contributed by atoms with Gasteiger partial charge in [0.2, 0.25) is 0 Å². The fourth-order valence-electron chi connectivity index (χ4n) is 1.82. The summed E-state index contributed by atoms with van der Waals surface area (Å²) >= 11 is 5.62. The molecule has 2 aliphatic carbocycles. The number of oxime groups is 1. The van der Waals surface area contributed by atoms with E-state index in [0.717, 1.165) is 12.8 Å². The van der Waals surface area contributed by atoms with Crippen LogP contribution in [0.1, 0.15) is 25.7 Å². The number of hydrogen-bond donors (Lipinski definition) is 1. The molecule has 3 heteroatoms. The van der Waals surface area contributed by atoms with Crippen molar-refractivity contribution in [2.24, 2.45) is 16.5 Å². The molecule has 2 nitrogen and oxygen atoms in total. The quantitative estimate of drug-likeness (QED) is 0.355. The van der Waals surface area contributed by atoms with E-state index in [0.29, 0.717) is 16.5 Å². The van der Waals surface area contributed by atoms with Gasteiger partial charge in [0, 0.05) is 5.92 Å². The third-order valence-electron chi connectivity index (χ3n) is 2.75. The molecule has 2 saturated carbocycles. The van der Waals surface area contributed by atoms with E-state index in [4.69, 9.17) is 16.8 Å². The maximum atomic E-state index is 8.32. The number of hydrogen-bond acceptors (Lipinski definition) is 2. The third kappa shape index (κ3) is 0.823. The second kappa shape index (κ2) is 1.88. The van der Waals surface area contributed by atoms with Gasteiger partial charge in [-0.1, -0.05) is 16.8 Å². The maximum Gasteiger partial charge on any atom is 0.148 e. The van der Waals surface area contributed by atoms with E-state index < -0.39 is 0 Å². The van der Waals surface area contributed by atoms with E-state index in [-0.39, 0.29) is 0 Å². The standard InChI is InChI=1S/C7H10ClNO/c8-6(9-10)5-3-7(4-5)1-2-7/h5,10H,1-4H2/b9-6-. The molecule has 0 aromatic carbocycles. The lowest BCUT2D eigenvalue weighted by Gasteiger charge is -2.33. The van der Waals surface area contributed by atoms with Gasteiger partial charge in [-0.15, -0.1) is 0 Å². The van der Waals surface area contributed by atoms with Gasteiger partial charge in [-0.05, 0) is 31.1 Å². The highest BCUT2D eigenvalue weighted by atomic mass is 35.5. The lowest BCUT2D eigenvalue weighted by molar-refractivity contribution is 0.224. The second-order valence-corrected chi connectivity index (χ2v) is 3.92. The van der Waals surface area contributed by atoms with E-state index >= 15 is 0 Å². The van der Waals surface area contributed by atoms with Gasteiger partial charge in [0.15, 0.2) is 0 Å². The summed E-state index contributed by atoms with van der Waals surface area (Å²) < 4.78 is 0. The van der Waals surface area contributed by atoms with Gasteiger partial charge < -0.3 is 5.21 Å². The minimum absolute atomic E-state index is 0.370. The first-order valence-corrected chi connectivity index (χ1v) is 4.01. The van der Waals surface area contributed by atoms with Gasteiger partial charge in [0.1, 0.15) is 5.17 Å². The molecule has 0 aromatic rings. The average Bonchev–Trinajstić information content (AvgIpc) is 2.61. The van der Waals surface area contributed by atoms with Crippen LogP contribution in [0.25, 0.3) is 0 Å². The second-order valence-electron chi connectivity index (χ2n) is 3.53. The van der Waals surface area contributed by atoms with Crippen molar-refractivity contribution in [1.29, 1.82) is 0 Å². The molecule has 0 aliphatic heterocycles. The molecule has 0 amide bonds. The molecule has 0 atom stereocenters. The first-order valence-electron chi connectivity index (χ1n) is 3.63. The van der Waals surface area contributed by atoms with Crippen molar-refractivity contribution >= 4 is 16.8 Å². The van der Waals surface area contributed by atoms with E-state index in [1.54, 1.807) is 0 Å². The molecule has 0 heterocycles. The Hall–Kier alpha value is -0.240. The summed E-state index contributed by atoms with van der Waals surface area (Å²) in [5, 5.41) is 11.7. The maximum absolute atomic E-state index is 8.32. The number of rotatable bonds is 1. The zero-order valence-electron chi connectivity index (χ0n) is 5.68. The van der Waals surface area contributed by atoms with Gasteiger partial charge in [0.25, 0.3) is 0 Å². The van der Waals surface area contributed by atoms with Crippen molar-refractivity contribution in [3.8, 4) is 0 Å². The van der Waals surface area contributed by atoms with Crippen molar-refractivity contribution in [3.63, 3.8) is 0 Å². The van der Waals surface area contributed by atoms with E-state index in [1.807, 2.05) is 0 Å². The molecular weight excluding hydrogens is 150 g/mol. The minimum Gasteiger partial charge on any atom is -0.410 e. The zero-order valence-corrected chi connectivity index (χ0v) is 6.43. The molecule has 0 unspecified atom stereocenters. The van der Waals surface area contributed by atoms with Crippen LogP contribution in [0.2, 0.25) is 0 Å². The van der Waals surface area contributed by atoms with Gasteiger partial charge in [0.05, 0.1) is 0 Å². The van der Waals surface area contributed by atoms with Crippen molar-refractivity contribution in [3.05, 3.63) is 0 Å². The molecule has 10 heavy (non-hydrogen) atoms. The SMILES string of the molecule is O/N=C(\Cl)C1CC2(CC2)C1. The average molecular weight is 160 g/mol. The van der Waals surface area contributed by atoms with Crippen LogP contribution in [-0.4, -0.2) is 10.4 Å². The molecule has 2 aliphatic rings. The van der Waals surface area contributed by atoms with Crippen molar-refractivity contribution < 1.29 is 5.21 Å². The molecule has 0 radical (unpaired) electrons. The highest BCUT2D eigenvalue weighted by molar-refractivity contribution is 6.65. The fourth-order valence-corrected chi connectivity index (χ4v) is 1.98. The van der Waals surface area contributed by atoms with Gasteiger partial charge in [-0.2, -0.15) is 0 Å². The van der Waals surface area contributed by atoms with E-state index in [1.165, 1.54) is 12.8 Å². The highest BCUT2D eigenvalue weighted by Crippen LogP contribution is 2.63. The first-order chi connectivity index (χ1) is 4.76. The molecule has 0 bridgehead atoms. The molecule has 2 fully saturated rings. The highest BCUT2D eigenvalue weighted by Gasteiger charge is 2.54. The molecule has 56 valence electrons.